The molecule has 154 valence electrons. The summed E-state index contributed by atoms with van der Waals surface area (Å²) in [4.78, 5) is 8.26. The molecule has 5 N–H and O–H groups in total. The predicted octanol–water partition coefficient (Wildman–Crippen LogP) is 5.59. The summed E-state index contributed by atoms with van der Waals surface area (Å²) in [6, 6.07) is 17.7. The minimum Gasteiger partial charge on any atom is -0.355 e. The molecule has 0 saturated carbocycles. The third kappa shape index (κ3) is 4.46. The summed E-state index contributed by atoms with van der Waals surface area (Å²) < 4.78 is 0. The Kier molecular flexibility index (Phi) is 5.99. The van der Waals surface area contributed by atoms with Crippen molar-refractivity contribution in [2.75, 3.05) is 19.0 Å². The number of hydrogen-bond acceptors (Lipinski definition) is 3. The van der Waals surface area contributed by atoms with Gasteiger partial charge in [0, 0.05) is 49.8 Å². The van der Waals surface area contributed by atoms with Gasteiger partial charge in [0.25, 0.3) is 0 Å². The molecule has 4 aromatic rings. The fourth-order valence-electron chi connectivity index (χ4n) is 3.47. The van der Waals surface area contributed by atoms with E-state index in [1.165, 1.54) is 7.11 Å². The molecule has 8 heteroatoms. The molecule has 3 aromatic carbocycles. The molecule has 0 bridgehead atoms. The van der Waals surface area contributed by atoms with Crippen molar-refractivity contribution >= 4 is 62.3 Å². The molecule has 0 amide bonds. The van der Waals surface area contributed by atoms with Gasteiger partial charge >= 0.3 is 0 Å². The van der Waals surface area contributed by atoms with Crippen molar-refractivity contribution in [3.8, 4) is 0 Å². The van der Waals surface area contributed by atoms with Crippen LogP contribution in [0.3, 0.4) is 0 Å². The van der Waals surface area contributed by atoms with E-state index in [0.29, 0.717) is 23.0 Å². The molecule has 6 nitrogen and oxygen atoms in total. The highest BCUT2D eigenvalue weighted by molar-refractivity contribution is 6.32. The summed E-state index contributed by atoms with van der Waals surface area (Å²) in [5, 5.41) is 17.7. The Hall–Kier alpha value is -2.93. The van der Waals surface area contributed by atoms with Crippen LogP contribution in [0.2, 0.25) is 10.0 Å². The number of aromatic amines is 1. The zero-order valence-corrected chi connectivity index (χ0v) is 17.8. The van der Waals surface area contributed by atoms with Crippen LogP contribution in [0.5, 0.6) is 0 Å². The van der Waals surface area contributed by atoms with Gasteiger partial charge in [-0.05, 0) is 66.6 Å². The third-order valence-electron chi connectivity index (χ3n) is 4.78. The van der Waals surface area contributed by atoms with Crippen LogP contribution < -0.4 is 16.1 Å². The summed E-state index contributed by atoms with van der Waals surface area (Å²) in [6.07, 6.45) is 0.709. The first-order valence-corrected chi connectivity index (χ1v) is 10.2. The highest BCUT2D eigenvalue weighted by Crippen LogP contribution is 2.33. The predicted molar refractivity (Wildman–Crippen MR) is 125 cm³/mol. The molecule has 0 atom stereocenters. The van der Waals surface area contributed by atoms with Gasteiger partial charge in [0.2, 0.25) is 5.96 Å². The number of anilines is 2. The lowest BCUT2D eigenvalue weighted by Crippen LogP contribution is -2.36. The maximum Gasteiger partial charge on any atom is 0.212 e. The van der Waals surface area contributed by atoms with E-state index in [-0.39, 0.29) is 5.96 Å². The van der Waals surface area contributed by atoms with Crippen LogP contribution >= 0.6 is 23.2 Å². The Labute approximate surface area is 184 Å². The zero-order chi connectivity index (χ0) is 21.1. The van der Waals surface area contributed by atoms with Gasteiger partial charge in [0.05, 0.1) is 7.11 Å². The van der Waals surface area contributed by atoms with Crippen molar-refractivity contribution in [2.24, 2.45) is 0 Å². The van der Waals surface area contributed by atoms with Crippen molar-refractivity contribution < 1.29 is 4.84 Å². The number of benzene rings is 3. The third-order valence-corrected chi connectivity index (χ3v) is 5.27. The first kappa shape index (κ1) is 20.3. The molecule has 0 aliphatic rings. The molecule has 1 heterocycles. The monoisotopic (exact) mass is 441 g/mol. The van der Waals surface area contributed by atoms with E-state index >= 15 is 0 Å². The Morgan fingerprint density at radius 3 is 2.50 bits per heavy atom. The molecule has 1 aromatic heterocycles. The number of hydrogen-bond donors (Lipinski definition) is 5. The molecule has 0 aliphatic heterocycles. The first-order chi connectivity index (χ1) is 14.5. The van der Waals surface area contributed by atoms with E-state index in [2.05, 4.69) is 33.2 Å². The van der Waals surface area contributed by atoms with Crippen molar-refractivity contribution in [3.63, 3.8) is 0 Å². The minimum absolute atomic E-state index is 0.118. The second-order valence-corrected chi connectivity index (χ2v) is 7.74. The van der Waals surface area contributed by atoms with E-state index in [9.17, 15) is 0 Å². The highest BCUT2D eigenvalue weighted by atomic mass is 35.5. The van der Waals surface area contributed by atoms with Crippen LogP contribution in [0.1, 0.15) is 5.56 Å². The maximum atomic E-state index is 7.74. The van der Waals surface area contributed by atoms with E-state index < -0.39 is 0 Å². The number of nitrogens with one attached hydrogen (secondary N) is 5. The highest BCUT2D eigenvalue weighted by Gasteiger charge is 2.12. The van der Waals surface area contributed by atoms with Crippen molar-refractivity contribution in [3.05, 3.63) is 70.2 Å². The number of fused-ring (bicyclic) bond motifs is 3. The van der Waals surface area contributed by atoms with Crippen molar-refractivity contribution in [2.45, 2.75) is 6.42 Å². The van der Waals surface area contributed by atoms with Gasteiger partial charge in [-0.1, -0.05) is 23.2 Å². The maximum absolute atomic E-state index is 7.74. The van der Waals surface area contributed by atoms with E-state index in [4.69, 9.17) is 33.4 Å². The van der Waals surface area contributed by atoms with Gasteiger partial charge in [0.15, 0.2) is 0 Å². The fourth-order valence-corrected chi connectivity index (χ4v) is 3.77. The fraction of sp³-hybridized carbons (Fsp3) is 0.136. The van der Waals surface area contributed by atoms with Gasteiger partial charge in [-0.3, -0.25) is 10.2 Å². The lowest BCUT2D eigenvalue weighted by molar-refractivity contribution is 0.140. The van der Waals surface area contributed by atoms with E-state index in [1.807, 2.05) is 42.5 Å². The molecule has 0 radical (unpaired) electrons. The van der Waals surface area contributed by atoms with Gasteiger partial charge in [-0.15, -0.1) is 0 Å². The molecule has 4 rings (SSSR count). The van der Waals surface area contributed by atoms with Crippen molar-refractivity contribution in [1.82, 2.24) is 15.8 Å². The van der Waals surface area contributed by atoms with Crippen LogP contribution in [-0.4, -0.2) is 24.6 Å². The lowest BCUT2D eigenvalue weighted by Gasteiger charge is -2.12. The molecular weight excluding hydrogens is 421 g/mol. The topological polar surface area (TPSA) is 85.0 Å². The van der Waals surface area contributed by atoms with Crippen LogP contribution in [0, 0.1) is 5.41 Å². The SMILES string of the molecule is CONC(=N)NCCc1cc(Nc2ccc(Cl)cc2)cc2c1[nH]c1ccc(Cl)cc12. The van der Waals surface area contributed by atoms with Crippen LogP contribution in [0.15, 0.2) is 54.6 Å². The summed E-state index contributed by atoms with van der Waals surface area (Å²) in [5.41, 5.74) is 7.59. The minimum atomic E-state index is 0.118. The first-order valence-electron chi connectivity index (χ1n) is 9.41. The molecule has 0 saturated heterocycles. The Bertz CT molecular complexity index is 1200. The van der Waals surface area contributed by atoms with Gasteiger partial charge in [-0.25, -0.2) is 5.48 Å². The van der Waals surface area contributed by atoms with E-state index in [1.54, 1.807) is 0 Å². The van der Waals surface area contributed by atoms with Gasteiger partial charge in [-0.2, -0.15) is 0 Å². The zero-order valence-electron chi connectivity index (χ0n) is 16.3. The van der Waals surface area contributed by atoms with Crippen LogP contribution in [0.25, 0.3) is 21.8 Å². The quantitative estimate of drug-likeness (QED) is 0.153. The largest absolute Gasteiger partial charge is 0.355 e. The Morgan fingerprint density at radius 1 is 0.967 bits per heavy atom. The van der Waals surface area contributed by atoms with Gasteiger partial charge in [0.1, 0.15) is 0 Å². The molecule has 0 spiro atoms. The van der Waals surface area contributed by atoms with Crippen LogP contribution in [-0.2, 0) is 11.3 Å². The molecule has 0 aliphatic carbocycles. The summed E-state index contributed by atoms with van der Waals surface area (Å²) in [7, 11) is 1.47. The second kappa shape index (κ2) is 8.83. The number of rotatable bonds is 6. The number of H-pyrrole nitrogens is 1. The second-order valence-electron chi connectivity index (χ2n) is 6.86. The standard InChI is InChI=1S/C22H21Cl2N5O/c1-30-29-22(25)26-9-8-13-10-17(27-16-5-2-14(23)3-6-16)12-19-18-11-15(24)4-7-20(18)28-21(13)19/h2-7,10-12,27-28H,8-9H2,1H3,(H3,25,26,29). The number of aromatic nitrogens is 1. The molecule has 0 unspecified atom stereocenters. The lowest BCUT2D eigenvalue weighted by atomic mass is 10.0. The number of hydroxylamine groups is 1. The van der Waals surface area contributed by atoms with Gasteiger partial charge < -0.3 is 15.6 Å². The normalized spacial score (nSPS) is 11.0. The smallest absolute Gasteiger partial charge is 0.212 e. The van der Waals surface area contributed by atoms with Crippen molar-refractivity contribution in [1.29, 1.82) is 5.41 Å². The summed E-state index contributed by atoms with van der Waals surface area (Å²) in [5.74, 6) is 0.118. The molecule has 0 fully saturated rings. The van der Waals surface area contributed by atoms with E-state index in [0.717, 1.165) is 38.7 Å². The average molecular weight is 442 g/mol. The summed E-state index contributed by atoms with van der Waals surface area (Å²) in [6.45, 7) is 0.574. The molecule has 30 heavy (non-hydrogen) atoms. The number of guanidine groups is 1. The number of halogens is 2. The average Bonchev–Trinajstić information content (AvgIpc) is 3.08. The summed E-state index contributed by atoms with van der Waals surface area (Å²) >= 11 is 12.3. The van der Waals surface area contributed by atoms with Crippen LogP contribution in [0.4, 0.5) is 11.4 Å². The Morgan fingerprint density at radius 2 is 1.73 bits per heavy atom. The Balaban J connectivity index is 1.72. The molecular formula is C22H21Cl2N5O.